The summed E-state index contributed by atoms with van der Waals surface area (Å²) in [6.07, 6.45) is 8.17. The van der Waals surface area contributed by atoms with E-state index in [9.17, 15) is 9.50 Å². The second kappa shape index (κ2) is 6.11. The van der Waals surface area contributed by atoms with Crippen LogP contribution in [0.5, 0.6) is 0 Å². The van der Waals surface area contributed by atoms with Crippen molar-refractivity contribution in [1.82, 2.24) is 4.90 Å². The molecule has 0 aromatic rings. The van der Waals surface area contributed by atoms with Crippen LogP contribution in [0.25, 0.3) is 0 Å². The second-order valence-corrected chi connectivity index (χ2v) is 5.81. The van der Waals surface area contributed by atoms with E-state index in [-0.39, 0.29) is 6.61 Å². The molecule has 0 spiro atoms. The summed E-state index contributed by atoms with van der Waals surface area (Å²) < 4.78 is 14.3. The topological polar surface area (TPSA) is 35.8 Å². The Balaban J connectivity index is 2.04. The lowest BCUT2D eigenvalue weighted by molar-refractivity contribution is -0.0263. The van der Waals surface area contributed by atoms with Gasteiger partial charge in [0.2, 0.25) is 0 Å². The average molecular weight is 256 g/mol. The molecule has 0 bridgehead atoms. The highest BCUT2D eigenvalue weighted by Crippen LogP contribution is 2.33. The Morgan fingerprint density at radius 1 is 1.39 bits per heavy atom. The number of aliphatic hydroxyl groups excluding tert-OH is 1. The van der Waals surface area contributed by atoms with Crippen molar-refractivity contribution in [3.05, 3.63) is 0 Å². The Hall–Kier alpha value is -0.480. The van der Waals surface area contributed by atoms with Gasteiger partial charge in [0, 0.05) is 31.8 Å². The van der Waals surface area contributed by atoms with Gasteiger partial charge in [-0.15, -0.1) is 0 Å². The maximum atomic E-state index is 14.3. The Morgan fingerprint density at radius 3 is 2.89 bits per heavy atom. The van der Waals surface area contributed by atoms with Gasteiger partial charge >= 0.3 is 0 Å². The van der Waals surface area contributed by atoms with Gasteiger partial charge in [0.25, 0.3) is 0 Å². The summed E-state index contributed by atoms with van der Waals surface area (Å²) in [6.45, 7) is 1.01. The number of rotatable bonds is 3. The zero-order chi connectivity index (χ0) is 13.0. The number of aliphatic hydroxyl groups is 1. The highest BCUT2D eigenvalue weighted by atomic mass is 19.1. The maximum Gasteiger partial charge on any atom is 0.146 e. The molecule has 104 valence electrons. The molecule has 1 aliphatic heterocycles. The van der Waals surface area contributed by atoms with Gasteiger partial charge in [-0.3, -0.25) is 4.90 Å². The molecule has 3 nitrogen and oxygen atoms in total. The molecule has 1 aliphatic carbocycles. The van der Waals surface area contributed by atoms with Crippen molar-refractivity contribution in [3.63, 3.8) is 0 Å². The molecule has 2 fully saturated rings. The molecule has 1 heterocycles. The largest absolute Gasteiger partial charge is 0.393 e. The molecule has 18 heavy (non-hydrogen) atoms. The van der Waals surface area contributed by atoms with Crippen molar-refractivity contribution in [3.8, 4) is 0 Å². The fraction of sp³-hybridized carbons (Fsp3) is 0.929. The molecule has 0 amide bonds. The molecular weight excluding hydrogens is 231 g/mol. The molecule has 1 N–H and O–H groups in total. The average Bonchev–Trinajstić information content (AvgIpc) is 2.40. The summed E-state index contributed by atoms with van der Waals surface area (Å²) in [4.78, 5) is 6.42. The number of alkyl halides is 1. The number of hydrogen-bond donors (Lipinski definition) is 1. The number of nitrogens with zero attached hydrogens (tertiary/aromatic N) is 2. The highest BCUT2D eigenvalue weighted by Gasteiger charge is 2.39. The van der Waals surface area contributed by atoms with Crippen LogP contribution in [0.4, 0.5) is 4.39 Å². The van der Waals surface area contributed by atoms with E-state index in [0.29, 0.717) is 24.9 Å². The van der Waals surface area contributed by atoms with Crippen molar-refractivity contribution in [2.24, 2.45) is 10.9 Å². The van der Waals surface area contributed by atoms with Gasteiger partial charge in [0.1, 0.15) is 5.67 Å². The predicted octanol–water partition coefficient (Wildman–Crippen LogP) is 2.04. The first-order valence-electron chi connectivity index (χ1n) is 7.15. The van der Waals surface area contributed by atoms with Crippen LogP contribution in [-0.4, -0.2) is 54.7 Å². The molecule has 0 aromatic heterocycles. The van der Waals surface area contributed by atoms with E-state index in [2.05, 4.69) is 9.89 Å². The second-order valence-electron chi connectivity index (χ2n) is 5.81. The van der Waals surface area contributed by atoms with E-state index in [0.717, 1.165) is 25.8 Å². The number of halogens is 1. The lowest BCUT2D eigenvalue weighted by Gasteiger charge is -2.44. The van der Waals surface area contributed by atoms with Gasteiger partial charge < -0.3 is 10.1 Å². The van der Waals surface area contributed by atoms with Crippen LogP contribution in [0.2, 0.25) is 0 Å². The predicted molar refractivity (Wildman–Crippen MR) is 71.9 cm³/mol. The van der Waals surface area contributed by atoms with Gasteiger partial charge in [0.05, 0.1) is 6.61 Å². The summed E-state index contributed by atoms with van der Waals surface area (Å²) in [5.41, 5.74) is -1.39. The number of piperidine rings is 1. The Kier molecular flexibility index (Phi) is 4.73. The Bertz CT molecular complexity index is 298. The fourth-order valence-corrected chi connectivity index (χ4v) is 3.49. The molecule has 1 saturated carbocycles. The summed E-state index contributed by atoms with van der Waals surface area (Å²) in [5.74, 6) is 0.463. The third-order valence-corrected chi connectivity index (χ3v) is 4.43. The van der Waals surface area contributed by atoms with Crippen LogP contribution < -0.4 is 0 Å². The smallest absolute Gasteiger partial charge is 0.146 e. The van der Waals surface area contributed by atoms with E-state index in [4.69, 9.17) is 0 Å². The highest BCUT2D eigenvalue weighted by molar-refractivity contribution is 5.61. The molecule has 2 rings (SSSR count). The normalized spacial score (nSPS) is 39.3. The van der Waals surface area contributed by atoms with E-state index in [1.807, 2.05) is 13.3 Å². The van der Waals surface area contributed by atoms with E-state index < -0.39 is 5.67 Å². The quantitative estimate of drug-likeness (QED) is 0.784. The van der Waals surface area contributed by atoms with E-state index in [1.54, 1.807) is 0 Å². The molecule has 2 aliphatic rings. The molecule has 1 unspecified atom stereocenters. The van der Waals surface area contributed by atoms with Gasteiger partial charge in [-0.05, 0) is 32.2 Å². The fourth-order valence-electron chi connectivity index (χ4n) is 3.49. The standard InChI is InChI=1S/C14H25FN2O/c1-16-9-12-5-2-3-6-13(12)17-8-4-7-14(15,10-17)11-18/h9,12-13,18H,2-8,10-11H2,1H3/t12?,13-,14+/m0/s1. The van der Waals surface area contributed by atoms with E-state index >= 15 is 0 Å². The SMILES string of the molecule is CN=CC1CCCC[C@@H]1N1CCC[C@](F)(CO)C1. The van der Waals surface area contributed by atoms with Crippen LogP contribution in [0, 0.1) is 5.92 Å². The van der Waals surface area contributed by atoms with Crippen molar-refractivity contribution in [1.29, 1.82) is 0 Å². The first-order chi connectivity index (χ1) is 8.68. The van der Waals surface area contributed by atoms with Gasteiger partial charge in [-0.2, -0.15) is 0 Å². The first kappa shape index (κ1) is 13.9. The lowest BCUT2D eigenvalue weighted by Crippen LogP contribution is -2.54. The van der Waals surface area contributed by atoms with Crippen molar-refractivity contribution >= 4 is 6.21 Å². The minimum absolute atomic E-state index is 0.344. The minimum atomic E-state index is -1.39. The molecule has 3 atom stereocenters. The molecule has 1 saturated heterocycles. The lowest BCUT2D eigenvalue weighted by atomic mass is 9.82. The zero-order valence-electron chi connectivity index (χ0n) is 11.3. The van der Waals surface area contributed by atoms with Gasteiger partial charge in [0.15, 0.2) is 0 Å². The van der Waals surface area contributed by atoms with Crippen LogP contribution in [0.3, 0.4) is 0 Å². The van der Waals surface area contributed by atoms with Crippen molar-refractivity contribution in [2.45, 2.75) is 50.2 Å². The molecule has 4 heteroatoms. The molecular formula is C14H25FN2O. The van der Waals surface area contributed by atoms with Gasteiger partial charge in [-0.1, -0.05) is 12.8 Å². The third-order valence-electron chi connectivity index (χ3n) is 4.43. The zero-order valence-corrected chi connectivity index (χ0v) is 11.3. The number of aliphatic imine (C=N–C) groups is 1. The maximum absolute atomic E-state index is 14.3. The summed E-state index contributed by atoms with van der Waals surface area (Å²) in [7, 11) is 1.81. The van der Waals surface area contributed by atoms with Crippen LogP contribution in [0.1, 0.15) is 38.5 Å². The molecule has 0 radical (unpaired) electrons. The van der Waals surface area contributed by atoms with Crippen molar-refractivity contribution < 1.29 is 9.50 Å². The van der Waals surface area contributed by atoms with Crippen molar-refractivity contribution in [2.75, 3.05) is 26.7 Å². The number of likely N-dealkylation sites (tertiary alicyclic amines) is 1. The summed E-state index contributed by atoms with van der Waals surface area (Å²) in [5, 5.41) is 9.21. The first-order valence-corrected chi connectivity index (χ1v) is 7.15. The van der Waals surface area contributed by atoms with Crippen LogP contribution in [-0.2, 0) is 0 Å². The minimum Gasteiger partial charge on any atom is -0.393 e. The third kappa shape index (κ3) is 3.09. The van der Waals surface area contributed by atoms with Crippen LogP contribution in [0.15, 0.2) is 4.99 Å². The Labute approximate surface area is 109 Å². The van der Waals surface area contributed by atoms with Crippen LogP contribution >= 0.6 is 0 Å². The molecule has 0 aromatic carbocycles. The monoisotopic (exact) mass is 256 g/mol. The summed E-state index contributed by atoms with van der Waals surface area (Å²) in [6, 6.07) is 0.421. The number of hydrogen-bond acceptors (Lipinski definition) is 3. The van der Waals surface area contributed by atoms with E-state index in [1.165, 1.54) is 12.8 Å². The summed E-state index contributed by atoms with van der Waals surface area (Å²) >= 11 is 0. The Morgan fingerprint density at radius 2 is 2.17 bits per heavy atom. The van der Waals surface area contributed by atoms with Gasteiger partial charge in [-0.25, -0.2) is 4.39 Å².